The zero-order valence-corrected chi connectivity index (χ0v) is 16.0. The zero-order chi connectivity index (χ0) is 19.9. The number of nitrogens with one attached hydrogen (secondary N) is 1. The van der Waals surface area contributed by atoms with Crippen molar-refractivity contribution in [2.24, 2.45) is 0 Å². The van der Waals surface area contributed by atoms with Gasteiger partial charge in [-0.1, -0.05) is 18.2 Å². The average Bonchev–Trinajstić information content (AvgIpc) is 2.62. The van der Waals surface area contributed by atoms with Crippen LogP contribution >= 0.6 is 7.60 Å². The maximum absolute atomic E-state index is 13.6. The third-order valence-corrected chi connectivity index (χ3v) is 5.67. The number of halogens is 1. The Balaban J connectivity index is 2.13. The number of benzene rings is 2. The summed E-state index contributed by atoms with van der Waals surface area (Å²) in [6.07, 6.45) is 0.0963. The molecule has 27 heavy (non-hydrogen) atoms. The fourth-order valence-corrected chi connectivity index (χ4v) is 4.15. The quantitative estimate of drug-likeness (QED) is 0.659. The monoisotopic (exact) mass is 390 g/mol. The molecular formula is C19H20FN2O4P. The van der Waals surface area contributed by atoms with E-state index in [9.17, 15) is 13.8 Å². The van der Waals surface area contributed by atoms with E-state index < -0.39 is 19.3 Å². The van der Waals surface area contributed by atoms with Gasteiger partial charge in [0.1, 0.15) is 17.4 Å². The molecule has 0 aliphatic heterocycles. The summed E-state index contributed by atoms with van der Waals surface area (Å²) in [5.74, 6) is -1.19. The number of rotatable bonds is 8. The van der Waals surface area contributed by atoms with Crippen LogP contribution in [0.25, 0.3) is 0 Å². The lowest BCUT2D eigenvalue weighted by Crippen LogP contribution is -2.13. The molecule has 0 radical (unpaired) electrons. The summed E-state index contributed by atoms with van der Waals surface area (Å²) in [5.41, 5.74) is 0.885. The molecule has 0 heterocycles. The van der Waals surface area contributed by atoms with Crippen molar-refractivity contribution in [1.82, 2.24) is 0 Å². The SMILES string of the molecule is CCOP(=O)(Cc1ccc(C(=O)Nc2cccc(F)c2C#N)cc1)OCC. The van der Waals surface area contributed by atoms with E-state index in [-0.39, 0.29) is 30.6 Å². The first kappa shape index (κ1) is 20.8. The van der Waals surface area contributed by atoms with E-state index >= 15 is 0 Å². The largest absolute Gasteiger partial charge is 0.335 e. The molecule has 1 N–H and O–H groups in total. The maximum Gasteiger partial charge on any atom is 0.335 e. The number of nitrogens with zero attached hydrogens (tertiary/aromatic N) is 1. The van der Waals surface area contributed by atoms with E-state index in [1.165, 1.54) is 12.1 Å². The molecule has 8 heteroatoms. The van der Waals surface area contributed by atoms with Gasteiger partial charge in [-0.05, 0) is 43.7 Å². The standard InChI is InChI=1S/C19H20FN2O4P/c1-3-25-27(24,26-4-2)13-14-8-10-15(11-9-14)19(23)22-18-7-5-6-17(20)16(18)12-21/h5-11H,3-4,13H2,1-2H3,(H,22,23). The van der Waals surface area contributed by atoms with Crippen LogP contribution in [0.3, 0.4) is 0 Å². The van der Waals surface area contributed by atoms with Crippen LogP contribution in [0.1, 0.15) is 35.3 Å². The Morgan fingerprint density at radius 2 is 1.78 bits per heavy atom. The Labute approximate surface area is 157 Å². The molecule has 2 rings (SSSR count). The smallest absolute Gasteiger partial charge is 0.321 e. The number of nitriles is 1. The van der Waals surface area contributed by atoms with Crippen LogP contribution in [-0.2, 0) is 19.8 Å². The minimum atomic E-state index is -3.23. The van der Waals surface area contributed by atoms with Gasteiger partial charge in [0.25, 0.3) is 5.91 Å². The molecule has 142 valence electrons. The summed E-state index contributed by atoms with van der Waals surface area (Å²) in [7, 11) is -3.23. The summed E-state index contributed by atoms with van der Waals surface area (Å²) in [6, 6.07) is 12.2. The predicted molar refractivity (Wildman–Crippen MR) is 100 cm³/mol. The van der Waals surface area contributed by atoms with E-state index in [0.717, 1.165) is 6.07 Å². The number of hydrogen-bond donors (Lipinski definition) is 1. The molecule has 0 bridgehead atoms. The highest BCUT2D eigenvalue weighted by Gasteiger charge is 2.24. The van der Waals surface area contributed by atoms with Crippen LogP contribution in [0.2, 0.25) is 0 Å². The molecule has 1 amide bonds. The van der Waals surface area contributed by atoms with Crippen LogP contribution in [-0.4, -0.2) is 19.1 Å². The third kappa shape index (κ3) is 5.48. The van der Waals surface area contributed by atoms with Crippen LogP contribution in [0.15, 0.2) is 42.5 Å². The second-order valence-electron chi connectivity index (χ2n) is 5.53. The Morgan fingerprint density at radius 3 is 2.33 bits per heavy atom. The van der Waals surface area contributed by atoms with Crippen LogP contribution < -0.4 is 5.32 Å². The second-order valence-corrected chi connectivity index (χ2v) is 7.58. The van der Waals surface area contributed by atoms with Gasteiger partial charge >= 0.3 is 7.60 Å². The van der Waals surface area contributed by atoms with E-state index in [2.05, 4.69) is 5.32 Å². The molecule has 0 aliphatic rings. The van der Waals surface area contributed by atoms with Crippen molar-refractivity contribution in [2.45, 2.75) is 20.0 Å². The van der Waals surface area contributed by atoms with Gasteiger partial charge in [-0.25, -0.2) is 4.39 Å². The topological polar surface area (TPSA) is 88.4 Å². The molecule has 0 unspecified atom stereocenters. The van der Waals surface area contributed by atoms with Gasteiger partial charge in [0.15, 0.2) is 0 Å². The first-order chi connectivity index (χ1) is 12.9. The number of amides is 1. The predicted octanol–water partition coefficient (Wildman–Crippen LogP) is 4.72. The minimum absolute atomic E-state index is 0.0963. The fraction of sp³-hybridized carbons (Fsp3) is 0.263. The summed E-state index contributed by atoms with van der Waals surface area (Å²) in [5, 5.41) is 11.5. The molecule has 2 aromatic rings. The Hall–Kier alpha value is -2.52. The van der Waals surface area contributed by atoms with E-state index in [4.69, 9.17) is 14.3 Å². The van der Waals surface area contributed by atoms with Crippen LogP contribution in [0, 0.1) is 17.1 Å². The van der Waals surface area contributed by atoms with E-state index in [1.54, 1.807) is 44.2 Å². The molecule has 2 aromatic carbocycles. The summed E-state index contributed by atoms with van der Waals surface area (Å²) in [6.45, 7) is 4.02. The molecule has 0 saturated carbocycles. The lowest BCUT2D eigenvalue weighted by Gasteiger charge is -2.17. The fourth-order valence-electron chi connectivity index (χ4n) is 2.44. The molecule has 0 atom stereocenters. The summed E-state index contributed by atoms with van der Waals surface area (Å²) >= 11 is 0. The summed E-state index contributed by atoms with van der Waals surface area (Å²) in [4.78, 5) is 12.3. The normalized spacial score (nSPS) is 11.0. The molecule has 0 aromatic heterocycles. The zero-order valence-electron chi connectivity index (χ0n) is 15.1. The van der Waals surface area contributed by atoms with Crippen molar-refractivity contribution in [1.29, 1.82) is 5.26 Å². The van der Waals surface area contributed by atoms with Gasteiger partial charge in [0, 0.05) is 5.56 Å². The molecule has 0 saturated heterocycles. The number of hydrogen-bond acceptors (Lipinski definition) is 5. The van der Waals surface area contributed by atoms with Gasteiger partial charge in [-0.15, -0.1) is 0 Å². The molecule has 0 aliphatic carbocycles. The van der Waals surface area contributed by atoms with Gasteiger partial charge < -0.3 is 14.4 Å². The van der Waals surface area contributed by atoms with Crippen molar-refractivity contribution in [2.75, 3.05) is 18.5 Å². The highest BCUT2D eigenvalue weighted by molar-refractivity contribution is 7.53. The molecule has 0 fully saturated rings. The number of carbonyl (C=O) groups excluding carboxylic acids is 1. The van der Waals surface area contributed by atoms with Crippen molar-refractivity contribution in [3.8, 4) is 6.07 Å². The van der Waals surface area contributed by atoms with Gasteiger partial charge in [0.2, 0.25) is 0 Å². The highest BCUT2D eigenvalue weighted by Crippen LogP contribution is 2.51. The maximum atomic E-state index is 13.6. The minimum Gasteiger partial charge on any atom is -0.321 e. The Kier molecular flexibility index (Phi) is 7.26. The summed E-state index contributed by atoms with van der Waals surface area (Å²) < 4.78 is 36.7. The third-order valence-electron chi connectivity index (χ3n) is 3.62. The first-order valence-electron chi connectivity index (χ1n) is 8.39. The molecule has 6 nitrogen and oxygen atoms in total. The number of anilines is 1. The van der Waals surface area contributed by atoms with Crippen molar-refractivity contribution >= 4 is 19.2 Å². The van der Waals surface area contributed by atoms with Gasteiger partial charge in [0.05, 0.1) is 25.1 Å². The van der Waals surface area contributed by atoms with Crippen molar-refractivity contribution in [3.05, 3.63) is 65.0 Å². The Bertz CT molecular complexity index is 884. The second kappa shape index (κ2) is 9.43. The number of carbonyl (C=O) groups is 1. The average molecular weight is 390 g/mol. The van der Waals surface area contributed by atoms with Gasteiger partial charge in [-0.3, -0.25) is 9.36 Å². The Morgan fingerprint density at radius 1 is 1.15 bits per heavy atom. The highest BCUT2D eigenvalue weighted by atomic mass is 31.2. The molecule has 0 spiro atoms. The van der Waals surface area contributed by atoms with Crippen molar-refractivity contribution in [3.63, 3.8) is 0 Å². The lowest BCUT2D eigenvalue weighted by atomic mass is 10.1. The first-order valence-corrected chi connectivity index (χ1v) is 10.1. The van der Waals surface area contributed by atoms with Crippen LogP contribution in [0.4, 0.5) is 10.1 Å². The van der Waals surface area contributed by atoms with Gasteiger partial charge in [-0.2, -0.15) is 5.26 Å². The lowest BCUT2D eigenvalue weighted by molar-refractivity contribution is 0.102. The van der Waals surface area contributed by atoms with E-state index in [0.29, 0.717) is 11.1 Å². The van der Waals surface area contributed by atoms with Crippen molar-refractivity contribution < 1.29 is 22.8 Å². The van der Waals surface area contributed by atoms with Crippen LogP contribution in [0.5, 0.6) is 0 Å². The molecular weight excluding hydrogens is 370 g/mol. The van der Waals surface area contributed by atoms with E-state index in [1.807, 2.05) is 0 Å².